The first-order valence-electron chi connectivity index (χ1n) is 15.6. The number of methoxy groups -OCH3 is 1. The van der Waals surface area contributed by atoms with Crippen molar-refractivity contribution in [2.75, 3.05) is 34.3 Å². The van der Waals surface area contributed by atoms with Crippen LogP contribution in [0.2, 0.25) is 0 Å². The molecule has 0 bridgehead atoms. The highest BCUT2D eigenvalue weighted by molar-refractivity contribution is 5.96. The first kappa shape index (κ1) is 39.2. The summed E-state index contributed by atoms with van der Waals surface area (Å²) in [5, 5.41) is 2.74. The number of likely N-dealkylation sites (N-methyl/N-ethyl adjacent to an activating group) is 2. The van der Waals surface area contributed by atoms with Crippen molar-refractivity contribution in [1.82, 2.24) is 20.0 Å². The fourth-order valence-electron chi connectivity index (χ4n) is 5.28. The van der Waals surface area contributed by atoms with E-state index in [-0.39, 0.29) is 66.6 Å². The maximum Gasteiger partial charge on any atom is 0.324 e. The average Bonchev–Trinajstić information content (AvgIpc) is 2.97. The number of urea groups is 1. The van der Waals surface area contributed by atoms with Crippen LogP contribution in [0.15, 0.2) is 12.2 Å². The normalized spacial score (nSPS) is 15.0. The quantitative estimate of drug-likeness (QED) is 0.124. The lowest BCUT2D eigenvalue weighted by Gasteiger charge is -2.38. The molecule has 0 saturated heterocycles. The number of ether oxygens (including phenoxy) is 1. The Morgan fingerprint density at radius 2 is 1.52 bits per heavy atom. The zero-order chi connectivity index (χ0) is 32.4. The number of amides is 5. The predicted octanol–water partition coefficient (Wildman–Crippen LogP) is 4.67. The molecule has 4 unspecified atom stereocenters. The van der Waals surface area contributed by atoms with Gasteiger partial charge in [-0.1, -0.05) is 61.3 Å². The van der Waals surface area contributed by atoms with Gasteiger partial charge in [0.2, 0.25) is 17.7 Å². The minimum Gasteiger partial charge on any atom is -0.379 e. The number of allylic oxidation sites excluding steroid dienone is 1. The van der Waals surface area contributed by atoms with E-state index >= 15 is 0 Å². The minimum atomic E-state index is -0.549. The third-order valence-electron chi connectivity index (χ3n) is 8.52. The summed E-state index contributed by atoms with van der Waals surface area (Å²) in [6, 6.07) is -0.983. The van der Waals surface area contributed by atoms with Gasteiger partial charge in [0.1, 0.15) is 6.29 Å². The molecule has 0 saturated carbocycles. The van der Waals surface area contributed by atoms with E-state index in [0.717, 1.165) is 18.9 Å². The van der Waals surface area contributed by atoms with E-state index in [0.29, 0.717) is 38.5 Å². The fourth-order valence-corrected chi connectivity index (χ4v) is 5.28. The first-order valence-corrected chi connectivity index (χ1v) is 15.6. The lowest BCUT2D eigenvalue weighted by atomic mass is 9.87. The maximum absolute atomic E-state index is 13.5. The van der Waals surface area contributed by atoms with Crippen LogP contribution >= 0.6 is 0 Å². The Balaban J connectivity index is 5.50. The highest BCUT2D eigenvalue weighted by Crippen LogP contribution is 2.24. The Morgan fingerprint density at radius 1 is 0.881 bits per heavy atom. The van der Waals surface area contributed by atoms with Crippen molar-refractivity contribution in [2.24, 2.45) is 17.8 Å². The molecular weight excluding hydrogens is 536 g/mol. The summed E-state index contributed by atoms with van der Waals surface area (Å²) >= 11 is 0. The molecule has 42 heavy (non-hydrogen) atoms. The summed E-state index contributed by atoms with van der Waals surface area (Å²) in [5.74, 6) is -0.221. The predicted molar refractivity (Wildman–Crippen MR) is 167 cm³/mol. The number of hydrogen-bond donors (Lipinski definition) is 1. The number of nitrogens with one attached hydrogen (secondary N) is 1. The first-order chi connectivity index (χ1) is 19.8. The van der Waals surface area contributed by atoms with Gasteiger partial charge >= 0.3 is 6.03 Å². The van der Waals surface area contributed by atoms with Crippen LogP contribution in [0.1, 0.15) is 93.4 Å². The van der Waals surface area contributed by atoms with E-state index in [1.165, 1.54) is 15.9 Å². The molecule has 0 aliphatic rings. The van der Waals surface area contributed by atoms with Crippen LogP contribution in [0.4, 0.5) is 4.79 Å². The molecule has 0 radical (unpaired) electrons. The second-order valence-corrected chi connectivity index (χ2v) is 11.6. The second kappa shape index (κ2) is 21.0. The number of unbranched alkanes of at least 4 members (excludes halogenated alkanes) is 2. The Kier molecular flexibility index (Phi) is 19.6. The topological polar surface area (TPSA) is 116 Å². The van der Waals surface area contributed by atoms with Crippen LogP contribution in [0.3, 0.4) is 0 Å². The third kappa shape index (κ3) is 12.6. The molecule has 0 aromatic rings. The monoisotopic (exact) mass is 594 g/mol. The van der Waals surface area contributed by atoms with Crippen LogP contribution in [0.5, 0.6) is 0 Å². The number of nitrogens with zero attached hydrogens (tertiary/aromatic N) is 3. The molecular formula is C32H58N4O6. The molecule has 0 aromatic carbocycles. The van der Waals surface area contributed by atoms with E-state index in [9.17, 15) is 24.0 Å². The van der Waals surface area contributed by atoms with Crippen LogP contribution in [0, 0.1) is 17.8 Å². The number of hydrogen-bond acceptors (Lipinski definition) is 6. The number of imide groups is 1. The van der Waals surface area contributed by atoms with Gasteiger partial charge in [0.25, 0.3) is 0 Å². The van der Waals surface area contributed by atoms with E-state index < -0.39 is 6.03 Å². The third-order valence-corrected chi connectivity index (χ3v) is 8.52. The molecule has 0 spiro atoms. The molecule has 10 nitrogen and oxygen atoms in total. The van der Waals surface area contributed by atoms with Gasteiger partial charge in [-0.05, 0) is 49.5 Å². The number of carbonyl (C=O) groups is 5. The van der Waals surface area contributed by atoms with Crippen molar-refractivity contribution in [3.63, 3.8) is 0 Å². The molecule has 10 heteroatoms. The van der Waals surface area contributed by atoms with Gasteiger partial charge in [0, 0.05) is 46.3 Å². The van der Waals surface area contributed by atoms with E-state index in [1.807, 2.05) is 20.8 Å². The Morgan fingerprint density at radius 3 is 2.02 bits per heavy atom. The number of carbonyl (C=O) groups excluding carboxylic acids is 5. The van der Waals surface area contributed by atoms with Gasteiger partial charge in [-0.15, -0.1) is 0 Å². The summed E-state index contributed by atoms with van der Waals surface area (Å²) in [7, 11) is 5.06. The zero-order valence-corrected chi connectivity index (χ0v) is 27.9. The van der Waals surface area contributed by atoms with Crippen LogP contribution < -0.4 is 5.32 Å². The van der Waals surface area contributed by atoms with Crippen molar-refractivity contribution in [2.45, 2.75) is 112 Å². The lowest BCUT2D eigenvalue weighted by molar-refractivity contribution is -0.136. The van der Waals surface area contributed by atoms with E-state index in [2.05, 4.69) is 33.0 Å². The Bertz CT molecular complexity index is 873. The number of aldehydes is 1. The molecule has 0 aromatic heterocycles. The van der Waals surface area contributed by atoms with Gasteiger partial charge in [-0.2, -0.15) is 0 Å². The SMILES string of the molecule is CCC(C)C(C(CC)OC)N(C)C(=O)CNC(=O)N(C(=O)CCCCCN(C)C(=O)/C=C\C=O)C(CC)[C@@H](C)C(C)C. The van der Waals surface area contributed by atoms with Crippen LogP contribution in [-0.2, 0) is 23.9 Å². The minimum absolute atomic E-state index is 0.0731. The van der Waals surface area contributed by atoms with Gasteiger partial charge in [0.15, 0.2) is 0 Å². The molecule has 1 N–H and O–H groups in total. The van der Waals surface area contributed by atoms with Crippen molar-refractivity contribution in [3.8, 4) is 0 Å². The van der Waals surface area contributed by atoms with E-state index in [1.54, 1.807) is 26.1 Å². The second-order valence-electron chi connectivity index (χ2n) is 11.6. The summed E-state index contributed by atoms with van der Waals surface area (Å²) in [6.07, 6.45) is 7.21. The summed E-state index contributed by atoms with van der Waals surface area (Å²) in [6.45, 7) is 14.6. The molecule has 5 amide bonds. The summed E-state index contributed by atoms with van der Waals surface area (Å²) < 4.78 is 5.67. The van der Waals surface area contributed by atoms with Gasteiger partial charge < -0.3 is 19.9 Å². The van der Waals surface area contributed by atoms with Gasteiger partial charge in [-0.3, -0.25) is 24.1 Å². The van der Waals surface area contributed by atoms with Crippen molar-refractivity contribution >= 4 is 30.0 Å². The standard InChI is InChI=1S/C32H58N4O6/c1-11-24(6)31(27(13-3)42-10)35(9)30(40)22-33-32(41)36(26(12-2)25(7)23(4)5)29(39)18-15-14-16-20-34(8)28(38)19-17-21-37/h17,19,21,23-27,31H,11-16,18,20,22H2,1-10H3,(H,33,41)/b19-17-/t24?,25-,26?,27?,31?/m0/s1. The van der Waals surface area contributed by atoms with Crippen molar-refractivity contribution in [3.05, 3.63) is 12.2 Å². The number of rotatable bonds is 20. The average molecular weight is 595 g/mol. The molecule has 0 rings (SSSR count). The summed E-state index contributed by atoms with van der Waals surface area (Å²) in [4.78, 5) is 67.0. The largest absolute Gasteiger partial charge is 0.379 e. The Labute approximate surface area is 254 Å². The maximum atomic E-state index is 13.5. The summed E-state index contributed by atoms with van der Waals surface area (Å²) in [5.41, 5.74) is 0. The van der Waals surface area contributed by atoms with Crippen molar-refractivity contribution in [1.29, 1.82) is 0 Å². The highest BCUT2D eigenvalue weighted by atomic mass is 16.5. The van der Waals surface area contributed by atoms with Crippen LogP contribution in [0.25, 0.3) is 0 Å². The van der Waals surface area contributed by atoms with Gasteiger partial charge in [-0.25, -0.2) is 4.79 Å². The van der Waals surface area contributed by atoms with E-state index in [4.69, 9.17) is 4.74 Å². The molecule has 0 aliphatic carbocycles. The van der Waals surface area contributed by atoms with Crippen molar-refractivity contribution < 1.29 is 28.7 Å². The van der Waals surface area contributed by atoms with Crippen LogP contribution in [-0.4, -0.2) is 97.2 Å². The Hall–Kier alpha value is -2.75. The molecule has 0 fully saturated rings. The molecule has 5 atom stereocenters. The smallest absolute Gasteiger partial charge is 0.324 e. The fraction of sp³-hybridized carbons (Fsp3) is 0.781. The highest BCUT2D eigenvalue weighted by Gasteiger charge is 2.35. The molecule has 0 heterocycles. The lowest BCUT2D eigenvalue weighted by Crippen LogP contribution is -2.55. The zero-order valence-electron chi connectivity index (χ0n) is 27.9. The molecule has 0 aliphatic heterocycles. The molecule has 242 valence electrons. The van der Waals surface area contributed by atoms with Gasteiger partial charge in [0.05, 0.1) is 18.7 Å².